The van der Waals surface area contributed by atoms with Crippen LogP contribution in [-0.4, -0.2) is 35.1 Å². The SMILES string of the molecule is CC(C(=O)O)C1CN(C(=O)NCc2ccc(Cl)s2)C1. The Hall–Kier alpha value is -1.27. The Labute approximate surface area is 120 Å². The molecular weight excluding hydrogens is 288 g/mol. The van der Waals surface area contributed by atoms with E-state index in [9.17, 15) is 9.59 Å². The quantitative estimate of drug-likeness (QED) is 0.896. The molecule has 0 radical (unpaired) electrons. The number of halogens is 1. The van der Waals surface area contributed by atoms with Crippen molar-refractivity contribution in [2.24, 2.45) is 11.8 Å². The smallest absolute Gasteiger partial charge is 0.317 e. The van der Waals surface area contributed by atoms with E-state index in [1.54, 1.807) is 17.9 Å². The van der Waals surface area contributed by atoms with E-state index in [1.165, 1.54) is 11.3 Å². The van der Waals surface area contributed by atoms with Crippen LogP contribution in [0.4, 0.5) is 4.79 Å². The Kier molecular flexibility index (Phi) is 4.31. The number of likely N-dealkylation sites (tertiary alicyclic amines) is 1. The van der Waals surface area contributed by atoms with Crippen LogP contribution in [0.15, 0.2) is 12.1 Å². The molecule has 0 aliphatic carbocycles. The summed E-state index contributed by atoms with van der Waals surface area (Å²) in [6.45, 7) is 3.14. The van der Waals surface area contributed by atoms with Crippen LogP contribution in [0, 0.1) is 11.8 Å². The van der Waals surface area contributed by atoms with Crippen molar-refractivity contribution in [3.05, 3.63) is 21.3 Å². The second kappa shape index (κ2) is 5.79. The van der Waals surface area contributed by atoms with Gasteiger partial charge >= 0.3 is 12.0 Å². The zero-order chi connectivity index (χ0) is 14.0. The Morgan fingerprint density at radius 3 is 2.79 bits per heavy atom. The molecular formula is C12H15ClN2O3S. The number of carboxylic acids is 1. The molecule has 2 rings (SSSR count). The van der Waals surface area contributed by atoms with Crippen molar-refractivity contribution in [2.45, 2.75) is 13.5 Å². The normalized spacial score (nSPS) is 16.8. The topological polar surface area (TPSA) is 69.6 Å². The van der Waals surface area contributed by atoms with Gasteiger partial charge in [0.05, 0.1) is 16.8 Å². The lowest BCUT2D eigenvalue weighted by Gasteiger charge is -2.41. The fourth-order valence-corrected chi connectivity index (χ4v) is 2.94. The van der Waals surface area contributed by atoms with Crippen LogP contribution >= 0.6 is 22.9 Å². The monoisotopic (exact) mass is 302 g/mol. The molecule has 0 spiro atoms. The maximum absolute atomic E-state index is 11.8. The average Bonchev–Trinajstić information content (AvgIpc) is 2.70. The van der Waals surface area contributed by atoms with Crippen LogP contribution in [0.25, 0.3) is 0 Å². The summed E-state index contributed by atoms with van der Waals surface area (Å²) in [5.74, 6) is -1.15. The van der Waals surface area contributed by atoms with Gasteiger partial charge in [0, 0.05) is 23.9 Å². The summed E-state index contributed by atoms with van der Waals surface area (Å²) in [5.41, 5.74) is 0. The molecule has 1 aromatic heterocycles. The number of rotatable bonds is 4. The van der Waals surface area contributed by atoms with Crippen LogP contribution < -0.4 is 5.32 Å². The van der Waals surface area contributed by atoms with Gasteiger partial charge in [-0.25, -0.2) is 4.79 Å². The predicted molar refractivity (Wildman–Crippen MR) is 73.4 cm³/mol. The third-order valence-electron chi connectivity index (χ3n) is 3.34. The minimum atomic E-state index is -0.807. The summed E-state index contributed by atoms with van der Waals surface area (Å²) >= 11 is 7.23. The number of aliphatic carboxylic acids is 1. The van der Waals surface area contributed by atoms with Gasteiger partial charge in [0.1, 0.15) is 0 Å². The largest absolute Gasteiger partial charge is 0.481 e. The first-order valence-corrected chi connectivity index (χ1v) is 7.16. The number of carboxylic acid groups (broad SMARTS) is 1. The number of nitrogens with one attached hydrogen (secondary N) is 1. The first-order valence-electron chi connectivity index (χ1n) is 5.97. The number of hydrogen-bond donors (Lipinski definition) is 2. The van der Waals surface area contributed by atoms with Crippen molar-refractivity contribution in [1.29, 1.82) is 0 Å². The van der Waals surface area contributed by atoms with Crippen molar-refractivity contribution in [2.75, 3.05) is 13.1 Å². The molecule has 2 amide bonds. The Morgan fingerprint density at radius 1 is 1.58 bits per heavy atom. The van der Waals surface area contributed by atoms with Gasteiger partial charge in [-0.15, -0.1) is 11.3 Å². The van der Waals surface area contributed by atoms with Crippen LogP contribution in [0.5, 0.6) is 0 Å². The van der Waals surface area contributed by atoms with Gasteiger partial charge in [-0.05, 0) is 12.1 Å². The molecule has 2 N–H and O–H groups in total. The minimum absolute atomic E-state index is 0.0550. The summed E-state index contributed by atoms with van der Waals surface area (Å²) in [7, 11) is 0. The van der Waals surface area contributed by atoms with Gasteiger partial charge in [-0.1, -0.05) is 18.5 Å². The lowest BCUT2D eigenvalue weighted by molar-refractivity contribution is -0.144. The summed E-state index contributed by atoms with van der Waals surface area (Å²) in [4.78, 5) is 25.2. The second-order valence-corrected chi connectivity index (χ2v) is 6.46. The summed E-state index contributed by atoms with van der Waals surface area (Å²) < 4.78 is 0.698. The van der Waals surface area contributed by atoms with Gasteiger partial charge in [0.15, 0.2) is 0 Å². The molecule has 104 valence electrons. The lowest BCUT2D eigenvalue weighted by atomic mass is 9.87. The van der Waals surface area contributed by atoms with E-state index in [2.05, 4.69) is 5.32 Å². The maximum atomic E-state index is 11.8. The molecule has 1 aliphatic rings. The van der Waals surface area contributed by atoms with E-state index >= 15 is 0 Å². The van der Waals surface area contributed by atoms with Crippen LogP contribution in [0.2, 0.25) is 4.34 Å². The highest BCUT2D eigenvalue weighted by atomic mass is 35.5. The van der Waals surface area contributed by atoms with E-state index in [0.29, 0.717) is 24.0 Å². The van der Waals surface area contributed by atoms with Gasteiger partial charge in [0.2, 0.25) is 0 Å². The van der Waals surface area contributed by atoms with Crippen LogP contribution in [0.3, 0.4) is 0 Å². The highest BCUT2D eigenvalue weighted by molar-refractivity contribution is 7.16. The van der Waals surface area contributed by atoms with Crippen molar-refractivity contribution in [3.63, 3.8) is 0 Å². The average molecular weight is 303 g/mol. The Bertz CT molecular complexity index is 485. The molecule has 1 fully saturated rings. The molecule has 19 heavy (non-hydrogen) atoms. The highest BCUT2D eigenvalue weighted by Crippen LogP contribution is 2.24. The fraction of sp³-hybridized carbons (Fsp3) is 0.500. The summed E-state index contributed by atoms with van der Waals surface area (Å²) in [6, 6.07) is 3.51. The number of hydrogen-bond acceptors (Lipinski definition) is 3. The van der Waals surface area contributed by atoms with E-state index in [1.807, 2.05) is 6.07 Å². The molecule has 2 heterocycles. The Balaban J connectivity index is 1.73. The van der Waals surface area contributed by atoms with Crippen LogP contribution in [0.1, 0.15) is 11.8 Å². The minimum Gasteiger partial charge on any atom is -0.481 e. The molecule has 1 atom stereocenters. The maximum Gasteiger partial charge on any atom is 0.317 e. The zero-order valence-electron chi connectivity index (χ0n) is 10.4. The van der Waals surface area contributed by atoms with Gasteiger partial charge < -0.3 is 15.3 Å². The van der Waals surface area contributed by atoms with Gasteiger partial charge in [-0.2, -0.15) is 0 Å². The van der Waals surface area contributed by atoms with Gasteiger partial charge in [0.25, 0.3) is 0 Å². The van der Waals surface area contributed by atoms with E-state index < -0.39 is 11.9 Å². The number of amides is 2. The molecule has 7 heteroatoms. The lowest BCUT2D eigenvalue weighted by Crippen LogP contribution is -2.56. The number of thiophene rings is 1. The molecule has 1 aliphatic heterocycles. The van der Waals surface area contributed by atoms with Crippen molar-refractivity contribution >= 4 is 34.9 Å². The molecule has 1 unspecified atom stereocenters. The third-order valence-corrected chi connectivity index (χ3v) is 4.57. The van der Waals surface area contributed by atoms with Crippen molar-refractivity contribution < 1.29 is 14.7 Å². The number of nitrogens with zero attached hydrogens (tertiary/aromatic N) is 1. The van der Waals surface area contributed by atoms with Gasteiger partial charge in [-0.3, -0.25) is 4.79 Å². The van der Waals surface area contributed by atoms with Crippen molar-refractivity contribution in [1.82, 2.24) is 10.2 Å². The Morgan fingerprint density at radius 2 is 2.26 bits per heavy atom. The second-order valence-electron chi connectivity index (χ2n) is 4.66. The number of carbonyl (C=O) groups excluding carboxylic acids is 1. The summed E-state index contributed by atoms with van der Waals surface area (Å²) in [5, 5.41) is 11.7. The van der Waals surface area contributed by atoms with E-state index in [-0.39, 0.29) is 11.9 Å². The molecule has 0 aromatic carbocycles. The molecule has 1 aromatic rings. The molecule has 5 nitrogen and oxygen atoms in total. The van der Waals surface area contributed by atoms with E-state index in [0.717, 1.165) is 4.88 Å². The first-order chi connectivity index (χ1) is 8.97. The summed E-state index contributed by atoms with van der Waals surface area (Å²) in [6.07, 6.45) is 0. The standard InChI is InChI=1S/C12H15ClN2O3S/c1-7(11(16)17)8-5-15(6-8)12(18)14-4-9-2-3-10(13)19-9/h2-3,7-8H,4-6H2,1H3,(H,14,18)(H,16,17). The zero-order valence-corrected chi connectivity index (χ0v) is 12.0. The molecule has 0 saturated carbocycles. The molecule has 0 bridgehead atoms. The van der Waals surface area contributed by atoms with E-state index in [4.69, 9.17) is 16.7 Å². The third kappa shape index (κ3) is 3.39. The number of urea groups is 1. The molecule has 1 saturated heterocycles. The predicted octanol–water partition coefficient (Wildman–Crippen LogP) is 2.26. The first kappa shape index (κ1) is 14.1. The fourth-order valence-electron chi connectivity index (χ4n) is 1.92. The van der Waals surface area contributed by atoms with Crippen molar-refractivity contribution in [3.8, 4) is 0 Å². The highest BCUT2D eigenvalue weighted by Gasteiger charge is 2.37. The van der Waals surface area contributed by atoms with Crippen LogP contribution in [-0.2, 0) is 11.3 Å². The number of carbonyl (C=O) groups is 2.